The Morgan fingerprint density at radius 3 is 2.58 bits per heavy atom. The third kappa shape index (κ3) is 3.52. The van der Waals surface area contributed by atoms with Crippen molar-refractivity contribution in [3.8, 4) is 11.1 Å². The number of halogens is 1. The van der Waals surface area contributed by atoms with Crippen LogP contribution in [0.2, 0.25) is 0 Å². The predicted molar refractivity (Wildman–Crippen MR) is 100 cm³/mol. The first kappa shape index (κ1) is 17.9. The Kier molecular flexibility index (Phi) is 4.89. The highest BCUT2D eigenvalue weighted by Gasteiger charge is 2.15. The maximum Gasteiger partial charge on any atom is 0.258 e. The van der Waals surface area contributed by atoms with Gasteiger partial charge in [0, 0.05) is 23.1 Å². The van der Waals surface area contributed by atoms with Crippen molar-refractivity contribution in [1.29, 1.82) is 0 Å². The molecule has 2 aromatic carbocycles. The third-order valence-corrected chi connectivity index (χ3v) is 4.14. The van der Waals surface area contributed by atoms with Crippen molar-refractivity contribution in [1.82, 2.24) is 4.57 Å². The molecule has 26 heavy (non-hydrogen) atoms. The van der Waals surface area contributed by atoms with E-state index >= 15 is 0 Å². The summed E-state index contributed by atoms with van der Waals surface area (Å²) < 4.78 is 15.9. The SMILES string of the molecule is CC(C)Cn1[c]c(-c2ccccc2F)c2cc(CC(N)=O)ccc2c1=O. The molecule has 4 nitrogen and oxygen atoms in total. The van der Waals surface area contributed by atoms with Crippen molar-refractivity contribution in [2.45, 2.75) is 26.8 Å². The smallest absolute Gasteiger partial charge is 0.258 e. The number of aromatic nitrogens is 1. The molecule has 0 bridgehead atoms. The molecule has 0 aliphatic rings. The number of hydrogen-bond acceptors (Lipinski definition) is 2. The summed E-state index contributed by atoms with van der Waals surface area (Å²) in [5.74, 6) is -0.613. The fraction of sp³-hybridized carbons (Fsp3) is 0.238. The minimum absolute atomic E-state index is 0.0573. The molecule has 1 aromatic heterocycles. The Balaban J connectivity index is 2.34. The molecule has 0 aliphatic heterocycles. The van der Waals surface area contributed by atoms with Gasteiger partial charge >= 0.3 is 0 Å². The number of carbonyl (C=O) groups is 1. The maximum atomic E-state index is 14.4. The molecule has 3 rings (SSSR count). The molecule has 0 aliphatic carbocycles. The number of primary amides is 1. The Morgan fingerprint density at radius 1 is 1.19 bits per heavy atom. The van der Waals surface area contributed by atoms with E-state index in [0.29, 0.717) is 34.0 Å². The Hall–Kier alpha value is -2.95. The molecule has 0 atom stereocenters. The molecular formula is C21H20FN2O2. The van der Waals surface area contributed by atoms with Crippen molar-refractivity contribution in [2.75, 3.05) is 0 Å². The summed E-state index contributed by atoms with van der Waals surface area (Å²) in [7, 11) is 0. The van der Waals surface area contributed by atoms with Crippen molar-refractivity contribution in [3.05, 3.63) is 70.4 Å². The van der Waals surface area contributed by atoms with Crippen LogP contribution in [0.15, 0.2) is 47.3 Å². The first-order chi connectivity index (χ1) is 12.4. The van der Waals surface area contributed by atoms with Gasteiger partial charge < -0.3 is 10.3 Å². The van der Waals surface area contributed by atoms with E-state index in [4.69, 9.17) is 5.73 Å². The molecule has 1 amide bonds. The van der Waals surface area contributed by atoms with Crippen LogP contribution in [0.4, 0.5) is 4.39 Å². The predicted octanol–water partition coefficient (Wildman–Crippen LogP) is 3.29. The summed E-state index contributed by atoms with van der Waals surface area (Å²) in [5.41, 5.74) is 6.65. The van der Waals surface area contributed by atoms with Crippen molar-refractivity contribution >= 4 is 16.7 Å². The quantitative estimate of drug-likeness (QED) is 0.766. The summed E-state index contributed by atoms with van der Waals surface area (Å²) in [6.45, 7) is 4.49. The number of fused-ring (bicyclic) bond motifs is 1. The van der Waals surface area contributed by atoms with Crippen LogP contribution in [-0.2, 0) is 17.8 Å². The molecule has 2 N–H and O–H groups in total. The van der Waals surface area contributed by atoms with E-state index in [-0.39, 0.29) is 23.7 Å². The molecule has 133 valence electrons. The van der Waals surface area contributed by atoms with Crippen LogP contribution >= 0.6 is 0 Å². The van der Waals surface area contributed by atoms with Gasteiger partial charge in [0.1, 0.15) is 5.82 Å². The number of rotatable bonds is 5. The highest BCUT2D eigenvalue weighted by molar-refractivity contribution is 5.96. The highest BCUT2D eigenvalue weighted by Crippen LogP contribution is 2.29. The van der Waals surface area contributed by atoms with E-state index in [1.807, 2.05) is 13.8 Å². The van der Waals surface area contributed by atoms with Gasteiger partial charge in [-0.25, -0.2) is 4.39 Å². The van der Waals surface area contributed by atoms with Crippen LogP contribution in [0.5, 0.6) is 0 Å². The Labute approximate surface area is 151 Å². The molecule has 0 unspecified atom stereocenters. The average Bonchev–Trinajstić information content (AvgIpc) is 2.57. The number of carbonyl (C=O) groups excluding carboxylic acids is 1. The van der Waals surface area contributed by atoms with Crippen LogP contribution in [0.3, 0.4) is 0 Å². The van der Waals surface area contributed by atoms with E-state index in [9.17, 15) is 14.0 Å². The lowest BCUT2D eigenvalue weighted by Crippen LogP contribution is -2.23. The molecule has 0 spiro atoms. The largest absolute Gasteiger partial charge is 0.369 e. The second-order valence-corrected chi connectivity index (χ2v) is 6.80. The second-order valence-electron chi connectivity index (χ2n) is 6.80. The van der Waals surface area contributed by atoms with Crippen LogP contribution in [0.1, 0.15) is 19.4 Å². The first-order valence-corrected chi connectivity index (χ1v) is 8.48. The third-order valence-electron chi connectivity index (χ3n) is 4.14. The average molecular weight is 351 g/mol. The normalized spacial score (nSPS) is 11.2. The monoisotopic (exact) mass is 351 g/mol. The van der Waals surface area contributed by atoms with Crippen LogP contribution in [0, 0.1) is 17.9 Å². The molecule has 5 heteroatoms. The molecule has 0 saturated carbocycles. The summed E-state index contributed by atoms with van der Waals surface area (Å²) in [6.07, 6.45) is 3.13. The zero-order chi connectivity index (χ0) is 18.8. The van der Waals surface area contributed by atoms with Gasteiger partial charge in [-0.1, -0.05) is 38.1 Å². The first-order valence-electron chi connectivity index (χ1n) is 8.48. The van der Waals surface area contributed by atoms with Crippen LogP contribution < -0.4 is 11.3 Å². The maximum absolute atomic E-state index is 14.4. The van der Waals surface area contributed by atoms with Gasteiger partial charge in [0.15, 0.2) is 0 Å². The summed E-state index contributed by atoms with van der Waals surface area (Å²) >= 11 is 0. The molecule has 0 saturated heterocycles. The molecule has 1 radical (unpaired) electrons. The van der Waals surface area contributed by atoms with Gasteiger partial charge in [0.25, 0.3) is 5.56 Å². The van der Waals surface area contributed by atoms with Gasteiger partial charge in [-0.2, -0.15) is 0 Å². The van der Waals surface area contributed by atoms with Crippen molar-refractivity contribution in [3.63, 3.8) is 0 Å². The zero-order valence-corrected chi connectivity index (χ0v) is 14.8. The number of nitrogens with two attached hydrogens (primary N) is 1. The highest BCUT2D eigenvalue weighted by atomic mass is 19.1. The lowest BCUT2D eigenvalue weighted by Gasteiger charge is -2.14. The van der Waals surface area contributed by atoms with E-state index in [1.54, 1.807) is 36.4 Å². The van der Waals surface area contributed by atoms with E-state index < -0.39 is 5.91 Å². The standard InChI is InChI=1S/C21H20FN2O2/c1-13(2)11-24-12-18(15-5-3-4-6-19(15)22)17-9-14(10-20(23)25)7-8-16(17)21(24)26/h3-9,13H,10-11H2,1-2H3,(H2,23,25). The number of amides is 1. The van der Waals surface area contributed by atoms with E-state index in [0.717, 1.165) is 0 Å². The lowest BCUT2D eigenvalue weighted by atomic mass is 9.97. The lowest BCUT2D eigenvalue weighted by molar-refractivity contribution is -0.117. The van der Waals surface area contributed by atoms with Crippen molar-refractivity contribution < 1.29 is 9.18 Å². The molecular weight excluding hydrogens is 331 g/mol. The summed E-state index contributed by atoms with van der Waals surface area (Å²) in [5, 5.41) is 1.04. The Bertz CT molecular complexity index is 1040. The summed E-state index contributed by atoms with van der Waals surface area (Å²) in [6, 6.07) is 11.5. The van der Waals surface area contributed by atoms with Gasteiger partial charge in [-0.3, -0.25) is 9.59 Å². The van der Waals surface area contributed by atoms with E-state index in [1.165, 1.54) is 10.6 Å². The van der Waals surface area contributed by atoms with Gasteiger partial charge in [0.05, 0.1) is 12.6 Å². The van der Waals surface area contributed by atoms with Gasteiger partial charge in [0.2, 0.25) is 5.91 Å². The topological polar surface area (TPSA) is 65.1 Å². The fourth-order valence-electron chi connectivity index (χ4n) is 3.05. The van der Waals surface area contributed by atoms with Crippen LogP contribution in [-0.4, -0.2) is 10.5 Å². The van der Waals surface area contributed by atoms with Crippen molar-refractivity contribution in [2.24, 2.45) is 11.7 Å². The number of hydrogen-bond donors (Lipinski definition) is 1. The number of nitrogens with zero attached hydrogens (tertiary/aromatic N) is 1. The second kappa shape index (κ2) is 7.12. The zero-order valence-electron chi connectivity index (χ0n) is 14.8. The minimum Gasteiger partial charge on any atom is -0.369 e. The summed E-state index contributed by atoms with van der Waals surface area (Å²) in [4.78, 5) is 24.1. The molecule has 1 heterocycles. The fourth-order valence-corrected chi connectivity index (χ4v) is 3.05. The van der Waals surface area contributed by atoms with Gasteiger partial charge in [-0.15, -0.1) is 0 Å². The minimum atomic E-state index is -0.464. The van der Waals surface area contributed by atoms with Gasteiger partial charge in [-0.05, 0) is 35.1 Å². The number of pyridine rings is 1. The van der Waals surface area contributed by atoms with Crippen LogP contribution in [0.25, 0.3) is 21.9 Å². The molecule has 3 aromatic rings. The van der Waals surface area contributed by atoms with E-state index in [2.05, 4.69) is 6.20 Å². The number of benzene rings is 2. The Morgan fingerprint density at radius 2 is 1.92 bits per heavy atom. The molecule has 0 fully saturated rings.